The van der Waals surface area contributed by atoms with Crippen LogP contribution >= 0.6 is 0 Å². The molecule has 0 aliphatic heterocycles. The molecular formula is C13H16F3NO2. The van der Waals surface area contributed by atoms with Gasteiger partial charge in [0, 0.05) is 7.05 Å². The van der Waals surface area contributed by atoms with E-state index in [1.807, 2.05) is 19.9 Å². The molecule has 0 saturated carbocycles. The summed E-state index contributed by atoms with van der Waals surface area (Å²) in [5, 5.41) is 0. The largest absolute Gasteiger partial charge is 0.492 e. The molecule has 0 unspecified atom stereocenters. The highest BCUT2D eigenvalue weighted by Crippen LogP contribution is 2.18. The van der Waals surface area contributed by atoms with Gasteiger partial charge in [-0.3, -0.25) is 4.79 Å². The molecule has 1 aromatic rings. The predicted molar refractivity (Wildman–Crippen MR) is 65.1 cm³/mol. The van der Waals surface area contributed by atoms with E-state index in [4.69, 9.17) is 4.74 Å². The number of amides is 1. The second-order valence-electron chi connectivity index (χ2n) is 4.40. The van der Waals surface area contributed by atoms with Gasteiger partial charge in [-0.15, -0.1) is 0 Å². The van der Waals surface area contributed by atoms with Crippen LogP contribution in [-0.2, 0) is 4.79 Å². The van der Waals surface area contributed by atoms with Crippen LogP contribution in [0.5, 0.6) is 5.75 Å². The van der Waals surface area contributed by atoms with Gasteiger partial charge in [0.25, 0.3) is 0 Å². The Labute approximate surface area is 110 Å². The Hall–Kier alpha value is -1.72. The topological polar surface area (TPSA) is 29.5 Å². The van der Waals surface area contributed by atoms with Gasteiger partial charge in [-0.1, -0.05) is 6.07 Å². The Morgan fingerprint density at radius 1 is 1.21 bits per heavy atom. The molecule has 0 radical (unpaired) electrons. The van der Waals surface area contributed by atoms with Crippen LogP contribution in [0.25, 0.3) is 0 Å². The van der Waals surface area contributed by atoms with Crippen molar-refractivity contribution in [2.45, 2.75) is 20.0 Å². The van der Waals surface area contributed by atoms with E-state index in [9.17, 15) is 18.0 Å². The molecule has 3 nitrogen and oxygen atoms in total. The summed E-state index contributed by atoms with van der Waals surface area (Å²) in [7, 11) is 1.10. The number of benzene rings is 1. The van der Waals surface area contributed by atoms with Crippen LogP contribution in [-0.4, -0.2) is 37.2 Å². The SMILES string of the molecule is Cc1cc(C)cc(OCCN(C)C(=O)C(F)(F)F)c1. The lowest BCUT2D eigenvalue weighted by Gasteiger charge is -2.18. The van der Waals surface area contributed by atoms with E-state index in [0.717, 1.165) is 18.2 Å². The Bertz CT molecular complexity index is 437. The summed E-state index contributed by atoms with van der Waals surface area (Å²) in [4.78, 5) is 11.5. The molecule has 1 amide bonds. The summed E-state index contributed by atoms with van der Waals surface area (Å²) in [6.45, 7) is 3.70. The number of likely N-dealkylation sites (N-methyl/N-ethyl adjacent to an activating group) is 1. The highest BCUT2D eigenvalue weighted by Gasteiger charge is 2.41. The highest BCUT2D eigenvalue weighted by atomic mass is 19.4. The molecule has 106 valence electrons. The lowest BCUT2D eigenvalue weighted by Crippen LogP contribution is -2.40. The molecule has 0 fully saturated rings. The van der Waals surface area contributed by atoms with Crippen molar-refractivity contribution in [3.63, 3.8) is 0 Å². The molecule has 0 spiro atoms. The van der Waals surface area contributed by atoms with Crippen molar-refractivity contribution >= 4 is 5.91 Å². The minimum Gasteiger partial charge on any atom is -0.492 e. The monoisotopic (exact) mass is 275 g/mol. The van der Waals surface area contributed by atoms with Crippen LogP contribution in [0.4, 0.5) is 13.2 Å². The fourth-order valence-corrected chi connectivity index (χ4v) is 1.63. The standard InChI is InChI=1S/C13H16F3NO2/c1-9-6-10(2)8-11(7-9)19-5-4-17(3)12(18)13(14,15)16/h6-8H,4-5H2,1-3H3. The van der Waals surface area contributed by atoms with Crippen molar-refractivity contribution in [2.75, 3.05) is 20.2 Å². The highest BCUT2D eigenvalue weighted by molar-refractivity contribution is 5.81. The molecule has 6 heteroatoms. The van der Waals surface area contributed by atoms with Crippen molar-refractivity contribution < 1.29 is 22.7 Å². The molecule has 0 heterocycles. The number of carbonyl (C=O) groups is 1. The number of alkyl halides is 3. The molecular weight excluding hydrogens is 259 g/mol. The third-order valence-electron chi connectivity index (χ3n) is 2.48. The zero-order chi connectivity index (χ0) is 14.6. The van der Waals surface area contributed by atoms with E-state index in [0.29, 0.717) is 10.6 Å². The summed E-state index contributed by atoms with van der Waals surface area (Å²) in [6, 6.07) is 5.54. The minimum atomic E-state index is -4.84. The number of nitrogens with zero attached hydrogens (tertiary/aromatic N) is 1. The normalized spacial score (nSPS) is 11.3. The van der Waals surface area contributed by atoms with Gasteiger partial charge in [-0.25, -0.2) is 0 Å². The number of aryl methyl sites for hydroxylation is 2. The second kappa shape index (κ2) is 5.95. The van der Waals surface area contributed by atoms with Gasteiger partial charge in [0.1, 0.15) is 12.4 Å². The molecule has 0 aliphatic carbocycles. The number of halogens is 3. The van der Waals surface area contributed by atoms with Crippen LogP contribution in [0.15, 0.2) is 18.2 Å². The molecule has 0 saturated heterocycles. The van der Waals surface area contributed by atoms with E-state index < -0.39 is 12.1 Å². The van der Waals surface area contributed by atoms with E-state index in [1.54, 1.807) is 12.1 Å². The molecule has 1 rings (SSSR count). The molecule has 0 aliphatic rings. The first kappa shape index (κ1) is 15.3. The van der Waals surface area contributed by atoms with Crippen LogP contribution in [0.3, 0.4) is 0 Å². The van der Waals surface area contributed by atoms with Crippen molar-refractivity contribution in [3.8, 4) is 5.75 Å². The minimum absolute atomic E-state index is 0.0151. The average Bonchev–Trinajstić information content (AvgIpc) is 2.25. The number of hydrogen-bond donors (Lipinski definition) is 0. The number of hydrogen-bond acceptors (Lipinski definition) is 2. The van der Waals surface area contributed by atoms with Crippen LogP contribution in [0.2, 0.25) is 0 Å². The molecule has 1 aromatic carbocycles. The lowest BCUT2D eigenvalue weighted by molar-refractivity contribution is -0.184. The summed E-state index contributed by atoms with van der Waals surface area (Å²) in [5.74, 6) is -1.28. The third-order valence-corrected chi connectivity index (χ3v) is 2.48. The smallest absolute Gasteiger partial charge is 0.471 e. The Kier molecular flexibility index (Phi) is 4.80. The van der Waals surface area contributed by atoms with Gasteiger partial charge in [0.15, 0.2) is 0 Å². The Morgan fingerprint density at radius 3 is 2.21 bits per heavy atom. The number of carbonyl (C=O) groups excluding carboxylic acids is 1. The first-order valence-electron chi connectivity index (χ1n) is 5.73. The first-order valence-corrected chi connectivity index (χ1v) is 5.73. The Balaban J connectivity index is 2.48. The predicted octanol–water partition coefficient (Wildman–Crippen LogP) is 2.70. The maximum Gasteiger partial charge on any atom is 0.471 e. The van der Waals surface area contributed by atoms with Gasteiger partial charge < -0.3 is 9.64 Å². The maximum absolute atomic E-state index is 12.1. The van der Waals surface area contributed by atoms with E-state index in [1.165, 1.54) is 0 Å². The fourth-order valence-electron chi connectivity index (χ4n) is 1.63. The maximum atomic E-state index is 12.1. The molecule has 0 bridgehead atoms. The van der Waals surface area contributed by atoms with E-state index in [-0.39, 0.29) is 13.2 Å². The zero-order valence-electron chi connectivity index (χ0n) is 11.0. The fraction of sp³-hybridized carbons (Fsp3) is 0.462. The third kappa shape index (κ3) is 4.81. The second-order valence-corrected chi connectivity index (χ2v) is 4.40. The van der Waals surface area contributed by atoms with Crippen LogP contribution < -0.4 is 4.74 Å². The average molecular weight is 275 g/mol. The zero-order valence-corrected chi connectivity index (χ0v) is 11.0. The molecule has 0 atom stereocenters. The van der Waals surface area contributed by atoms with Crippen LogP contribution in [0.1, 0.15) is 11.1 Å². The number of rotatable bonds is 4. The summed E-state index contributed by atoms with van der Waals surface area (Å²) >= 11 is 0. The first-order chi connectivity index (χ1) is 8.70. The lowest BCUT2D eigenvalue weighted by atomic mass is 10.1. The van der Waals surface area contributed by atoms with Gasteiger partial charge in [-0.2, -0.15) is 13.2 Å². The van der Waals surface area contributed by atoms with Crippen molar-refractivity contribution in [2.24, 2.45) is 0 Å². The summed E-state index contributed by atoms with van der Waals surface area (Å²) in [5.41, 5.74) is 2.02. The van der Waals surface area contributed by atoms with Gasteiger partial charge in [-0.05, 0) is 37.1 Å². The van der Waals surface area contributed by atoms with Crippen molar-refractivity contribution in [3.05, 3.63) is 29.3 Å². The molecule has 19 heavy (non-hydrogen) atoms. The molecule has 0 aromatic heterocycles. The quantitative estimate of drug-likeness (QED) is 0.845. The molecule has 0 N–H and O–H groups in total. The van der Waals surface area contributed by atoms with Gasteiger partial charge in [0.2, 0.25) is 0 Å². The van der Waals surface area contributed by atoms with E-state index >= 15 is 0 Å². The summed E-state index contributed by atoms with van der Waals surface area (Å²) in [6.07, 6.45) is -4.84. The summed E-state index contributed by atoms with van der Waals surface area (Å²) < 4.78 is 41.7. The Morgan fingerprint density at radius 2 is 1.74 bits per heavy atom. The van der Waals surface area contributed by atoms with E-state index in [2.05, 4.69) is 0 Å². The number of ether oxygens (including phenoxy) is 1. The van der Waals surface area contributed by atoms with Gasteiger partial charge in [0.05, 0.1) is 6.54 Å². The van der Waals surface area contributed by atoms with Gasteiger partial charge >= 0.3 is 12.1 Å². The van der Waals surface area contributed by atoms with Crippen molar-refractivity contribution in [1.82, 2.24) is 4.90 Å². The van der Waals surface area contributed by atoms with Crippen molar-refractivity contribution in [1.29, 1.82) is 0 Å². The van der Waals surface area contributed by atoms with Crippen LogP contribution in [0, 0.1) is 13.8 Å².